The summed E-state index contributed by atoms with van der Waals surface area (Å²) in [4.78, 5) is 0. The molecule has 136 valence electrons. The van der Waals surface area contributed by atoms with Gasteiger partial charge in [0.15, 0.2) is 0 Å². The Morgan fingerprint density at radius 2 is 1.82 bits per heavy atom. The number of fused-ring (bicyclic) bond motifs is 1. The third-order valence-electron chi connectivity index (χ3n) is 4.84. The first kappa shape index (κ1) is 17.8. The average Bonchev–Trinajstić information content (AvgIpc) is 3.04. The van der Waals surface area contributed by atoms with Gasteiger partial charge < -0.3 is 4.57 Å². The van der Waals surface area contributed by atoms with Crippen molar-refractivity contribution >= 4 is 22.6 Å². The number of allylic oxidation sites excluding steroid dienone is 1. The highest BCUT2D eigenvalue weighted by Gasteiger charge is 2.11. The molecule has 3 aromatic carbocycles. The first-order valence-corrected chi connectivity index (χ1v) is 9.16. The zero-order valence-corrected chi connectivity index (χ0v) is 15.6. The van der Waals surface area contributed by atoms with Crippen LogP contribution in [0.2, 0.25) is 0 Å². The van der Waals surface area contributed by atoms with E-state index in [2.05, 4.69) is 47.9 Å². The molecular weight excluding hydrogens is 347 g/mol. The number of nitrogens with zero attached hydrogens (tertiary/aromatic N) is 2. The maximum absolute atomic E-state index is 14.2. The number of benzene rings is 3. The Morgan fingerprint density at radius 3 is 2.61 bits per heavy atom. The number of hydrogen-bond acceptors (Lipinski definition) is 1. The maximum Gasteiger partial charge on any atom is 0.131 e. The van der Waals surface area contributed by atoms with Crippen LogP contribution in [0.5, 0.6) is 0 Å². The van der Waals surface area contributed by atoms with Gasteiger partial charge in [-0.15, -0.1) is 0 Å². The highest BCUT2D eigenvalue weighted by molar-refractivity contribution is 5.98. The largest absolute Gasteiger partial charge is 0.342 e. The van der Waals surface area contributed by atoms with E-state index in [1.165, 1.54) is 17.2 Å². The molecule has 1 heterocycles. The van der Waals surface area contributed by atoms with Crippen molar-refractivity contribution in [3.63, 3.8) is 0 Å². The smallest absolute Gasteiger partial charge is 0.131 e. The molecule has 0 saturated heterocycles. The SMILES string of the molecule is Cc1cccc(Cn2cc(C=C(C#N)c3ccccc3F)c3ccccc32)c1. The van der Waals surface area contributed by atoms with Crippen molar-refractivity contribution in [2.75, 3.05) is 0 Å². The molecule has 4 rings (SSSR count). The third kappa shape index (κ3) is 3.45. The lowest BCUT2D eigenvalue weighted by Crippen LogP contribution is -1.97. The summed E-state index contributed by atoms with van der Waals surface area (Å²) < 4.78 is 16.3. The van der Waals surface area contributed by atoms with Gasteiger partial charge >= 0.3 is 0 Å². The molecule has 0 atom stereocenters. The van der Waals surface area contributed by atoms with Gasteiger partial charge in [-0.05, 0) is 30.7 Å². The minimum absolute atomic E-state index is 0.316. The monoisotopic (exact) mass is 366 g/mol. The Kier molecular flexibility index (Phi) is 4.78. The Bertz CT molecular complexity index is 1220. The van der Waals surface area contributed by atoms with Crippen LogP contribution in [0.3, 0.4) is 0 Å². The zero-order chi connectivity index (χ0) is 19.5. The molecule has 0 amide bonds. The van der Waals surface area contributed by atoms with Gasteiger partial charge in [0, 0.05) is 34.8 Å². The quantitative estimate of drug-likeness (QED) is 0.395. The van der Waals surface area contributed by atoms with E-state index in [4.69, 9.17) is 0 Å². The maximum atomic E-state index is 14.2. The molecule has 2 nitrogen and oxygen atoms in total. The molecule has 1 aromatic heterocycles. The van der Waals surface area contributed by atoms with E-state index in [0.717, 1.165) is 23.0 Å². The van der Waals surface area contributed by atoms with Gasteiger partial charge in [0.2, 0.25) is 0 Å². The van der Waals surface area contributed by atoms with Gasteiger partial charge in [0.05, 0.1) is 11.6 Å². The molecule has 0 spiro atoms. The van der Waals surface area contributed by atoms with E-state index in [9.17, 15) is 9.65 Å². The van der Waals surface area contributed by atoms with Gasteiger partial charge in [-0.1, -0.05) is 66.2 Å². The molecule has 0 unspecified atom stereocenters. The highest BCUT2D eigenvalue weighted by Crippen LogP contribution is 2.27. The number of rotatable bonds is 4. The predicted molar refractivity (Wildman–Crippen MR) is 112 cm³/mol. The van der Waals surface area contributed by atoms with Crippen LogP contribution in [0.15, 0.2) is 79.0 Å². The van der Waals surface area contributed by atoms with Crippen LogP contribution in [0, 0.1) is 24.1 Å². The summed E-state index contributed by atoms with van der Waals surface area (Å²) in [6.45, 7) is 2.82. The lowest BCUT2D eigenvalue weighted by molar-refractivity contribution is 0.624. The van der Waals surface area contributed by atoms with E-state index in [1.54, 1.807) is 24.3 Å². The summed E-state index contributed by atoms with van der Waals surface area (Å²) in [6, 6.07) is 25.0. The lowest BCUT2D eigenvalue weighted by atomic mass is 10.0. The Balaban J connectivity index is 1.82. The second-order valence-electron chi connectivity index (χ2n) is 6.87. The fourth-order valence-corrected chi connectivity index (χ4v) is 3.53. The molecule has 0 aliphatic rings. The van der Waals surface area contributed by atoms with Crippen molar-refractivity contribution in [3.8, 4) is 6.07 Å². The second kappa shape index (κ2) is 7.54. The zero-order valence-electron chi connectivity index (χ0n) is 15.6. The molecule has 0 aliphatic heterocycles. The summed E-state index contributed by atoms with van der Waals surface area (Å²) in [6.07, 6.45) is 3.80. The molecule has 0 saturated carbocycles. The van der Waals surface area contributed by atoms with Crippen molar-refractivity contribution in [1.29, 1.82) is 5.26 Å². The number of halogens is 1. The van der Waals surface area contributed by atoms with Crippen LogP contribution in [0.25, 0.3) is 22.6 Å². The van der Waals surface area contributed by atoms with Gasteiger partial charge in [0.1, 0.15) is 5.82 Å². The molecule has 4 aromatic rings. The fourth-order valence-electron chi connectivity index (χ4n) is 3.53. The van der Waals surface area contributed by atoms with Crippen LogP contribution >= 0.6 is 0 Å². The van der Waals surface area contributed by atoms with E-state index in [-0.39, 0.29) is 0 Å². The predicted octanol–water partition coefficient (Wildman–Crippen LogP) is 6.20. The Labute approximate surface area is 163 Å². The average molecular weight is 366 g/mol. The van der Waals surface area contributed by atoms with Gasteiger partial charge in [-0.2, -0.15) is 5.26 Å². The number of nitriles is 1. The lowest BCUT2D eigenvalue weighted by Gasteiger charge is -2.06. The van der Waals surface area contributed by atoms with Crippen molar-refractivity contribution in [2.24, 2.45) is 0 Å². The number of aromatic nitrogens is 1. The number of aryl methyl sites for hydroxylation is 1. The third-order valence-corrected chi connectivity index (χ3v) is 4.84. The number of hydrogen-bond donors (Lipinski definition) is 0. The molecule has 0 aliphatic carbocycles. The van der Waals surface area contributed by atoms with E-state index >= 15 is 0 Å². The molecule has 28 heavy (non-hydrogen) atoms. The number of para-hydroxylation sites is 1. The second-order valence-corrected chi connectivity index (χ2v) is 6.87. The van der Waals surface area contributed by atoms with Crippen LogP contribution in [-0.4, -0.2) is 4.57 Å². The van der Waals surface area contributed by atoms with Crippen molar-refractivity contribution in [2.45, 2.75) is 13.5 Å². The molecular formula is C25H19FN2. The first-order chi connectivity index (χ1) is 13.7. The van der Waals surface area contributed by atoms with Crippen molar-refractivity contribution < 1.29 is 4.39 Å². The van der Waals surface area contributed by atoms with Crippen molar-refractivity contribution in [3.05, 3.63) is 107 Å². The highest BCUT2D eigenvalue weighted by atomic mass is 19.1. The molecule has 0 bridgehead atoms. The van der Waals surface area contributed by atoms with E-state index in [1.807, 2.05) is 24.4 Å². The topological polar surface area (TPSA) is 28.7 Å². The van der Waals surface area contributed by atoms with E-state index < -0.39 is 5.82 Å². The van der Waals surface area contributed by atoms with Gasteiger partial charge in [0.25, 0.3) is 0 Å². The summed E-state index contributed by atoms with van der Waals surface area (Å²) >= 11 is 0. The first-order valence-electron chi connectivity index (χ1n) is 9.16. The molecule has 0 fully saturated rings. The minimum Gasteiger partial charge on any atom is -0.342 e. The Hall–Kier alpha value is -3.64. The summed E-state index contributed by atoms with van der Waals surface area (Å²) in [7, 11) is 0. The van der Waals surface area contributed by atoms with Gasteiger partial charge in [-0.25, -0.2) is 4.39 Å². The minimum atomic E-state index is -0.390. The van der Waals surface area contributed by atoms with E-state index in [0.29, 0.717) is 11.1 Å². The fraction of sp³-hybridized carbons (Fsp3) is 0.0800. The Morgan fingerprint density at radius 1 is 1.04 bits per heavy atom. The summed E-state index contributed by atoms with van der Waals surface area (Å²) in [5, 5.41) is 10.7. The summed E-state index contributed by atoms with van der Waals surface area (Å²) in [5.41, 5.74) is 5.06. The molecule has 0 N–H and O–H groups in total. The van der Waals surface area contributed by atoms with Crippen molar-refractivity contribution in [1.82, 2.24) is 4.57 Å². The standard InChI is InChI=1S/C25H19FN2/c1-18-7-6-8-19(13-18)16-28-17-21(23-10-3-5-12-25(23)28)14-20(15-27)22-9-2-4-11-24(22)26/h2-14,17H,16H2,1H3. The van der Waals surface area contributed by atoms with Gasteiger partial charge in [-0.3, -0.25) is 0 Å². The van der Waals surface area contributed by atoms with Crippen LogP contribution in [0.1, 0.15) is 22.3 Å². The molecule has 0 radical (unpaired) electrons. The molecule has 3 heteroatoms. The van der Waals surface area contributed by atoms with Crippen LogP contribution in [-0.2, 0) is 6.54 Å². The summed E-state index contributed by atoms with van der Waals surface area (Å²) in [5.74, 6) is -0.390. The normalized spacial score (nSPS) is 11.5. The van der Waals surface area contributed by atoms with Crippen LogP contribution < -0.4 is 0 Å². The van der Waals surface area contributed by atoms with Crippen LogP contribution in [0.4, 0.5) is 4.39 Å².